The molecule has 0 bridgehead atoms. The number of para-hydroxylation sites is 1. The average Bonchev–Trinajstić information content (AvgIpc) is 2.99. The van der Waals surface area contributed by atoms with Crippen molar-refractivity contribution in [1.82, 2.24) is 23.7 Å². The maximum Gasteiger partial charge on any atom is 0.329 e. The number of aryl methyl sites for hydroxylation is 1. The molecule has 4 aromatic rings. The number of fused-ring (bicyclic) bond motifs is 2. The minimum atomic E-state index is -0.270. The molecule has 8 heteroatoms. The van der Waals surface area contributed by atoms with Crippen molar-refractivity contribution in [3.63, 3.8) is 0 Å². The topological polar surface area (TPSA) is 83.9 Å². The van der Waals surface area contributed by atoms with Crippen LogP contribution in [-0.4, -0.2) is 36.9 Å². The molecule has 160 valence electrons. The van der Waals surface area contributed by atoms with Crippen LogP contribution in [0.1, 0.15) is 32.1 Å². The van der Waals surface area contributed by atoms with Crippen LogP contribution in [0, 0.1) is 5.92 Å². The van der Waals surface area contributed by atoms with Gasteiger partial charge in [-0.3, -0.25) is 18.9 Å². The van der Waals surface area contributed by atoms with Gasteiger partial charge in [-0.1, -0.05) is 26.0 Å². The molecular weight excluding hydrogens is 394 g/mol. The molecule has 0 aliphatic carbocycles. The molecule has 31 heavy (non-hydrogen) atoms. The number of aromatic nitrogens is 5. The van der Waals surface area contributed by atoms with Gasteiger partial charge in [0.05, 0.1) is 53.9 Å². The van der Waals surface area contributed by atoms with Gasteiger partial charge < -0.3 is 9.30 Å². The standard InChI is InChI=1S/C23H25N5O3/c1-15(2)8-10-26-18-6-4-3-5-17(18)22(29)25-21(26)12-27-20-11-24-9-7-19(20)28(23(27)30)16-13-31-14-16/h3-7,9,11,15-16H,8,10,12-14H2,1-2H3. The second kappa shape index (κ2) is 7.77. The second-order valence-electron chi connectivity index (χ2n) is 8.48. The quantitative estimate of drug-likeness (QED) is 0.480. The lowest BCUT2D eigenvalue weighted by Gasteiger charge is -2.27. The van der Waals surface area contributed by atoms with Gasteiger partial charge >= 0.3 is 5.69 Å². The van der Waals surface area contributed by atoms with Gasteiger partial charge in [0, 0.05) is 12.7 Å². The van der Waals surface area contributed by atoms with E-state index in [-0.39, 0.29) is 23.8 Å². The summed E-state index contributed by atoms with van der Waals surface area (Å²) in [5.41, 5.74) is 2.01. The lowest BCUT2D eigenvalue weighted by atomic mass is 10.1. The second-order valence-corrected chi connectivity index (χ2v) is 8.48. The number of rotatable bonds is 6. The molecule has 1 aromatic carbocycles. The van der Waals surface area contributed by atoms with Crippen LogP contribution in [-0.2, 0) is 17.8 Å². The van der Waals surface area contributed by atoms with E-state index in [0.717, 1.165) is 29.5 Å². The van der Waals surface area contributed by atoms with E-state index in [4.69, 9.17) is 4.74 Å². The van der Waals surface area contributed by atoms with Crippen molar-refractivity contribution < 1.29 is 4.74 Å². The van der Waals surface area contributed by atoms with Crippen molar-refractivity contribution in [2.24, 2.45) is 5.92 Å². The van der Waals surface area contributed by atoms with E-state index in [1.54, 1.807) is 27.6 Å². The van der Waals surface area contributed by atoms with Crippen LogP contribution in [0.5, 0.6) is 0 Å². The third-order valence-corrected chi connectivity index (χ3v) is 5.95. The first-order valence-electron chi connectivity index (χ1n) is 10.7. The molecule has 1 aliphatic rings. The SMILES string of the molecule is CC(C)CCn1c(Cn2c(=O)n(C3COC3)c3ccncc32)nc(=O)c2ccccc21. The van der Waals surface area contributed by atoms with E-state index in [0.29, 0.717) is 30.3 Å². The first-order valence-corrected chi connectivity index (χ1v) is 10.7. The van der Waals surface area contributed by atoms with Crippen LogP contribution in [0.4, 0.5) is 0 Å². The summed E-state index contributed by atoms with van der Waals surface area (Å²) in [6.45, 7) is 6.32. The Kier molecular flexibility index (Phi) is 4.94. The van der Waals surface area contributed by atoms with Crippen molar-refractivity contribution in [3.8, 4) is 0 Å². The molecule has 1 fully saturated rings. The summed E-state index contributed by atoms with van der Waals surface area (Å²) in [5, 5.41) is 0.595. The molecule has 5 rings (SSSR count). The van der Waals surface area contributed by atoms with E-state index < -0.39 is 0 Å². The number of ether oxygens (including phenoxy) is 1. The highest BCUT2D eigenvalue weighted by molar-refractivity contribution is 5.78. The van der Waals surface area contributed by atoms with Gasteiger partial charge in [0.15, 0.2) is 0 Å². The Labute approximate surface area is 178 Å². The first kappa shape index (κ1) is 19.7. The summed E-state index contributed by atoms with van der Waals surface area (Å²) < 4.78 is 10.8. The summed E-state index contributed by atoms with van der Waals surface area (Å²) in [6, 6.07) is 9.40. The predicted octanol–water partition coefficient (Wildman–Crippen LogP) is 2.57. The van der Waals surface area contributed by atoms with Gasteiger partial charge in [-0.25, -0.2) is 4.79 Å². The Morgan fingerprint density at radius 1 is 1.06 bits per heavy atom. The maximum atomic E-state index is 13.4. The fraction of sp³-hybridized carbons (Fsp3) is 0.391. The van der Waals surface area contributed by atoms with Gasteiger partial charge in [-0.15, -0.1) is 0 Å². The highest BCUT2D eigenvalue weighted by Crippen LogP contribution is 2.22. The van der Waals surface area contributed by atoms with Crippen LogP contribution >= 0.6 is 0 Å². The molecule has 0 unspecified atom stereocenters. The van der Waals surface area contributed by atoms with E-state index in [1.807, 2.05) is 24.3 Å². The third-order valence-electron chi connectivity index (χ3n) is 5.95. The lowest BCUT2D eigenvalue weighted by Crippen LogP contribution is -2.38. The van der Waals surface area contributed by atoms with Crippen molar-refractivity contribution in [3.05, 3.63) is 69.4 Å². The number of pyridine rings is 1. The summed E-state index contributed by atoms with van der Waals surface area (Å²) in [4.78, 5) is 34.8. The van der Waals surface area contributed by atoms with Gasteiger partial charge in [0.2, 0.25) is 0 Å². The minimum Gasteiger partial charge on any atom is -0.377 e. The zero-order chi connectivity index (χ0) is 21.5. The summed E-state index contributed by atoms with van der Waals surface area (Å²) in [5.74, 6) is 1.08. The molecule has 1 saturated heterocycles. The molecule has 4 heterocycles. The molecule has 0 amide bonds. The summed E-state index contributed by atoms with van der Waals surface area (Å²) >= 11 is 0. The normalized spacial score (nSPS) is 14.5. The Balaban J connectivity index is 1.68. The van der Waals surface area contributed by atoms with Crippen LogP contribution in [0.25, 0.3) is 21.9 Å². The fourth-order valence-electron chi connectivity index (χ4n) is 4.17. The number of nitrogens with zero attached hydrogens (tertiary/aromatic N) is 5. The highest BCUT2D eigenvalue weighted by atomic mass is 16.5. The Hall–Kier alpha value is -3.26. The molecule has 1 aliphatic heterocycles. The summed E-state index contributed by atoms with van der Waals surface area (Å²) in [6.07, 6.45) is 4.33. The number of benzene rings is 1. The molecule has 0 atom stereocenters. The van der Waals surface area contributed by atoms with E-state index >= 15 is 0 Å². The smallest absolute Gasteiger partial charge is 0.329 e. The molecule has 0 saturated carbocycles. The molecular formula is C23H25N5O3. The van der Waals surface area contributed by atoms with Crippen molar-refractivity contribution in [2.75, 3.05) is 13.2 Å². The number of hydrogen-bond donors (Lipinski definition) is 0. The Morgan fingerprint density at radius 3 is 2.61 bits per heavy atom. The maximum absolute atomic E-state index is 13.4. The Bertz CT molecular complexity index is 1380. The zero-order valence-electron chi connectivity index (χ0n) is 17.7. The number of hydrogen-bond acceptors (Lipinski definition) is 5. The molecule has 8 nitrogen and oxygen atoms in total. The Morgan fingerprint density at radius 2 is 1.87 bits per heavy atom. The highest BCUT2D eigenvalue weighted by Gasteiger charge is 2.27. The average molecular weight is 419 g/mol. The van der Waals surface area contributed by atoms with E-state index in [2.05, 4.69) is 28.4 Å². The molecule has 3 aromatic heterocycles. The van der Waals surface area contributed by atoms with Crippen LogP contribution in [0.15, 0.2) is 52.3 Å². The van der Waals surface area contributed by atoms with Gasteiger partial charge in [-0.2, -0.15) is 4.98 Å². The largest absolute Gasteiger partial charge is 0.377 e. The van der Waals surface area contributed by atoms with Gasteiger partial charge in [-0.05, 0) is 30.5 Å². The lowest BCUT2D eigenvalue weighted by molar-refractivity contribution is -0.0231. The minimum absolute atomic E-state index is 0.0198. The van der Waals surface area contributed by atoms with E-state index in [1.165, 1.54) is 0 Å². The monoisotopic (exact) mass is 419 g/mol. The zero-order valence-corrected chi connectivity index (χ0v) is 17.7. The molecule has 0 N–H and O–H groups in total. The summed E-state index contributed by atoms with van der Waals surface area (Å²) in [7, 11) is 0. The van der Waals surface area contributed by atoms with Gasteiger partial charge in [0.25, 0.3) is 5.56 Å². The first-order chi connectivity index (χ1) is 15.0. The van der Waals surface area contributed by atoms with Crippen molar-refractivity contribution in [2.45, 2.75) is 39.4 Å². The molecule has 0 spiro atoms. The van der Waals surface area contributed by atoms with Crippen LogP contribution in [0.3, 0.4) is 0 Å². The number of imidazole rings is 1. The van der Waals surface area contributed by atoms with Crippen LogP contribution in [0.2, 0.25) is 0 Å². The van der Waals surface area contributed by atoms with Crippen molar-refractivity contribution in [1.29, 1.82) is 0 Å². The van der Waals surface area contributed by atoms with Crippen molar-refractivity contribution >= 4 is 21.9 Å². The molecule has 0 radical (unpaired) electrons. The van der Waals surface area contributed by atoms with Crippen LogP contribution < -0.4 is 11.2 Å². The third kappa shape index (κ3) is 3.37. The van der Waals surface area contributed by atoms with Gasteiger partial charge in [0.1, 0.15) is 5.82 Å². The van der Waals surface area contributed by atoms with E-state index in [9.17, 15) is 9.59 Å². The predicted molar refractivity (Wildman–Crippen MR) is 118 cm³/mol. The fourth-order valence-corrected chi connectivity index (χ4v) is 4.17.